The van der Waals surface area contributed by atoms with Gasteiger partial charge in [-0.15, -0.1) is 0 Å². The minimum Gasteiger partial charge on any atom is -0.362 e. The van der Waals surface area contributed by atoms with Gasteiger partial charge in [0, 0.05) is 13.1 Å². The zero-order valence-corrected chi connectivity index (χ0v) is 13.7. The van der Waals surface area contributed by atoms with Crippen molar-refractivity contribution in [1.29, 1.82) is 0 Å². The number of hydrogen-bond acceptors (Lipinski definition) is 1. The highest BCUT2D eigenvalue weighted by Gasteiger charge is 2.01. The summed E-state index contributed by atoms with van der Waals surface area (Å²) in [5, 5.41) is 8.09. The fraction of sp³-hybridized carbons (Fsp3) is 0.188. The van der Waals surface area contributed by atoms with Crippen LogP contribution in [0.2, 0.25) is 10.0 Å². The van der Waals surface area contributed by atoms with Crippen molar-refractivity contribution in [2.75, 3.05) is 6.54 Å². The highest BCUT2D eigenvalue weighted by atomic mass is 35.5. The zero-order valence-electron chi connectivity index (χ0n) is 11.4. The maximum Gasteiger partial charge on any atom is 0.166 e. The standard InChI is InChI=1S/C16H16Cl2N2S/c17-14-7-6-13(10-15(14)18)11-20-16(21)19-9-8-12-4-2-1-3-5-12/h1-7,10H,8-9,11H2,(H2,19,20,21). The monoisotopic (exact) mass is 338 g/mol. The summed E-state index contributed by atoms with van der Waals surface area (Å²) >= 11 is 17.1. The third kappa shape index (κ3) is 5.54. The summed E-state index contributed by atoms with van der Waals surface area (Å²) in [6, 6.07) is 15.8. The Morgan fingerprint density at radius 3 is 2.38 bits per heavy atom. The lowest BCUT2D eigenvalue weighted by atomic mass is 10.1. The van der Waals surface area contributed by atoms with Crippen LogP contribution >= 0.6 is 35.4 Å². The summed E-state index contributed by atoms with van der Waals surface area (Å²) in [6.45, 7) is 1.42. The summed E-state index contributed by atoms with van der Waals surface area (Å²) in [4.78, 5) is 0. The molecule has 2 aromatic rings. The van der Waals surface area contributed by atoms with Crippen molar-refractivity contribution in [3.8, 4) is 0 Å². The van der Waals surface area contributed by atoms with Crippen LogP contribution in [0.4, 0.5) is 0 Å². The molecule has 110 valence electrons. The van der Waals surface area contributed by atoms with E-state index in [0.29, 0.717) is 21.7 Å². The van der Waals surface area contributed by atoms with Gasteiger partial charge >= 0.3 is 0 Å². The molecular weight excluding hydrogens is 323 g/mol. The molecule has 2 aromatic carbocycles. The molecular formula is C16H16Cl2N2S. The van der Waals surface area contributed by atoms with Gasteiger partial charge in [0.25, 0.3) is 0 Å². The van der Waals surface area contributed by atoms with Crippen molar-refractivity contribution in [2.24, 2.45) is 0 Å². The lowest BCUT2D eigenvalue weighted by Crippen LogP contribution is -2.35. The van der Waals surface area contributed by atoms with E-state index in [0.717, 1.165) is 18.5 Å². The van der Waals surface area contributed by atoms with Crippen molar-refractivity contribution in [2.45, 2.75) is 13.0 Å². The fourth-order valence-corrected chi connectivity index (χ4v) is 2.35. The van der Waals surface area contributed by atoms with E-state index in [1.165, 1.54) is 5.56 Å². The summed E-state index contributed by atoms with van der Waals surface area (Å²) in [5.41, 5.74) is 2.33. The Morgan fingerprint density at radius 1 is 0.905 bits per heavy atom. The average Bonchev–Trinajstić information content (AvgIpc) is 2.49. The molecule has 0 aliphatic carbocycles. The van der Waals surface area contributed by atoms with Gasteiger partial charge in [-0.1, -0.05) is 59.6 Å². The van der Waals surface area contributed by atoms with E-state index >= 15 is 0 Å². The van der Waals surface area contributed by atoms with Gasteiger partial charge in [-0.25, -0.2) is 0 Å². The largest absolute Gasteiger partial charge is 0.362 e. The van der Waals surface area contributed by atoms with Crippen LogP contribution < -0.4 is 10.6 Å². The molecule has 0 saturated heterocycles. The lowest BCUT2D eigenvalue weighted by Gasteiger charge is -2.11. The molecule has 2 nitrogen and oxygen atoms in total. The number of benzene rings is 2. The highest BCUT2D eigenvalue weighted by Crippen LogP contribution is 2.22. The van der Waals surface area contributed by atoms with Gasteiger partial charge in [0.15, 0.2) is 5.11 Å². The van der Waals surface area contributed by atoms with Gasteiger partial charge < -0.3 is 10.6 Å². The Labute approximate surface area is 140 Å². The van der Waals surface area contributed by atoms with Crippen LogP contribution in [0.15, 0.2) is 48.5 Å². The van der Waals surface area contributed by atoms with Crippen molar-refractivity contribution in [3.05, 3.63) is 69.7 Å². The van der Waals surface area contributed by atoms with Gasteiger partial charge in [-0.05, 0) is 41.9 Å². The third-order valence-electron chi connectivity index (χ3n) is 2.98. The molecule has 5 heteroatoms. The molecule has 0 atom stereocenters. The second-order valence-corrected chi connectivity index (χ2v) is 5.82. The summed E-state index contributed by atoms with van der Waals surface area (Å²) in [7, 11) is 0. The van der Waals surface area contributed by atoms with E-state index in [9.17, 15) is 0 Å². The van der Waals surface area contributed by atoms with Crippen LogP contribution in [0.3, 0.4) is 0 Å². The lowest BCUT2D eigenvalue weighted by molar-refractivity contribution is 0.815. The predicted octanol–water partition coefficient (Wildman–Crippen LogP) is 4.20. The highest BCUT2D eigenvalue weighted by molar-refractivity contribution is 7.80. The first-order valence-corrected chi connectivity index (χ1v) is 7.81. The predicted molar refractivity (Wildman–Crippen MR) is 94.0 cm³/mol. The van der Waals surface area contributed by atoms with Gasteiger partial charge in [0.1, 0.15) is 0 Å². The first kappa shape index (κ1) is 16.1. The fourth-order valence-electron chi connectivity index (χ4n) is 1.86. The summed E-state index contributed by atoms with van der Waals surface area (Å²) in [6.07, 6.45) is 0.940. The normalized spacial score (nSPS) is 10.2. The van der Waals surface area contributed by atoms with Crippen LogP contribution in [0, 0.1) is 0 Å². The molecule has 0 saturated carbocycles. The molecule has 0 radical (unpaired) electrons. The van der Waals surface area contributed by atoms with Crippen molar-refractivity contribution < 1.29 is 0 Å². The molecule has 0 heterocycles. The molecule has 0 unspecified atom stereocenters. The van der Waals surface area contributed by atoms with Gasteiger partial charge in [-0.2, -0.15) is 0 Å². The Bertz CT molecular complexity index is 602. The quantitative estimate of drug-likeness (QED) is 0.799. The van der Waals surface area contributed by atoms with Crippen LogP contribution in [-0.2, 0) is 13.0 Å². The molecule has 0 fully saturated rings. The maximum atomic E-state index is 5.97. The molecule has 2 rings (SSSR count). The number of thiocarbonyl (C=S) groups is 1. The number of nitrogens with one attached hydrogen (secondary N) is 2. The zero-order chi connectivity index (χ0) is 15.1. The van der Waals surface area contributed by atoms with E-state index in [-0.39, 0.29) is 0 Å². The summed E-state index contributed by atoms with van der Waals surface area (Å²) in [5.74, 6) is 0. The minimum absolute atomic E-state index is 0.555. The van der Waals surface area contributed by atoms with Crippen molar-refractivity contribution >= 4 is 40.5 Å². The van der Waals surface area contributed by atoms with Gasteiger partial charge in [0.05, 0.1) is 10.0 Å². The van der Waals surface area contributed by atoms with Crippen LogP contribution in [0.25, 0.3) is 0 Å². The van der Waals surface area contributed by atoms with Crippen LogP contribution in [0.5, 0.6) is 0 Å². The average molecular weight is 339 g/mol. The first-order chi connectivity index (χ1) is 10.1. The van der Waals surface area contributed by atoms with Gasteiger partial charge in [-0.3, -0.25) is 0 Å². The number of halogens is 2. The maximum absolute atomic E-state index is 5.97. The summed E-state index contributed by atoms with van der Waals surface area (Å²) < 4.78 is 0. The smallest absolute Gasteiger partial charge is 0.166 e. The SMILES string of the molecule is S=C(NCCc1ccccc1)NCc1ccc(Cl)c(Cl)c1. The van der Waals surface area contributed by atoms with E-state index < -0.39 is 0 Å². The van der Waals surface area contributed by atoms with Crippen molar-refractivity contribution in [3.63, 3.8) is 0 Å². The van der Waals surface area contributed by atoms with Crippen LogP contribution in [0.1, 0.15) is 11.1 Å². The molecule has 21 heavy (non-hydrogen) atoms. The Kier molecular flexibility index (Phi) is 6.30. The molecule has 0 aliphatic heterocycles. The Hall–Kier alpha value is -1.29. The third-order valence-corrected chi connectivity index (χ3v) is 4.01. The van der Waals surface area contributed by atoms with E-state index in [2.05, 4.69) is 22.8 Å². The van der Waals surface area contributed by atoms with E-state index in [1.54, 1.807) is 6.07 Å². The van der Waals surface area contributed by atoms with E-state index in [1.807, 2.05) is 30.3 Å². The van der Waals surface area contributed by atoms with Gasteiger partial charge in [0.2, 0.25) is 0 Å². The Morgan fingerprint density at radius 2 is 1.67 bits per heavy atom. The first-order valence-electron chi connectivity index (χ1n) is 6.65. The molecule has 2 N–H and O–H groups in total. The number of hydrogen-bond donors (Lipinski definition) is 2. The second kappa shape index (κ2) is 8.23. The van der Waals surface area contributed by atoms with E-state index in [4.69, 9.17) is 35.4 Å². The molecule has 0 aliphatic rings. The van der Waals surface area contributed by atoms with Crippen molar-refractivity contribution in [1.82, 2.24) is 10.6 Å². The molecule has 0 spiro atoms. The van der Waals surface area contributed by atoms with Crippen LogP contribution in [-0.4, -0.2) is 11.7 Å². The molecule has 0 aromatic heterocycles. The topological polar surface area (TPSA) is 24.1 Å². The molecule has 0 bridgehead atoms. The number of rotatable bonds is 5. The minimum atomic E-state index is 0.555. The second-order valence-electron chi connectivity index (χ2n) is 4.59. The molecule has 0 amide bonds. The Balaban J connectivity index is 1.71.